The van der Waals surface area contributed by atoms with Crippen molar-refractivity contribution >= 4 is 34.6 Å². The molecule has 0 aromatic heterocycles. The number of anilines is 2. The Bertz CT molecular complexity index is 570. The summed E-state index contributed by atoms with van der Waals surface area (Å²) in [7, 11) is 0. The molecule has 2 N–H and O–H groups in total. The van der Waals surface area contributed by atoms with E-state index in [0.29, 0.717) is 35.4 Å². The van der Waals surface area contributed by atoms with Crippen molar-refractivity contribution in [1.82, 2.24) is 0 Å². The summed E-state index contributed by atoms with van der Waals surface area (Å²) in [5.41, 5.74) is 2.59. The highest BCUT2D eigenvalue weighted by Crippen LogP contribution is 2.33. The quantitative estimate of drug-likeness (QED) is 0.729. The van der Waals surface area contributed by atoms with Crippen LogP contribution in [0.2, 0.25) is 10.0 Å². The van der Waals surface area contributed by atoms with Gasteiger partial charge in [-0.1, -0.05) is 47.5 Å². The number of ether oxygens (including phenoxy) is 1. The number of aliphatic hydroxyl groups excluding tert-OH is 1. The fourth-order valence-corrected chi connectivity index (χ4v) is 2.36. The summed E-state index contributed by atoms with van der Waals surface area (Å²) in [6.45, 7) is 1.12. The van der Waals surface area contributed by atoms with E-state index in [1.807, 2.05) is 24.3 Å². The predicted octanol–water partition coefficient (Wildman–Crippen LogP) is 4.64. The lowest BCUT2D eigenvalue weighted by Gasteiger charge is -2.14. The van der Waals surface area contributed by atoms with Crippen LogP contribution >= 0.6 is 23.2 Å². The maximum Gasteiger partial charge on any atom is 0.0763 e. The first-order valence-electron chi connectivity index (χ1n) is 6.70. The molecule has 5 heteroatoms. The van der Waals surface area contributed by atoms with Crippen LogP contribution in [0.3, 0.4) is 0 Å². The van der Waals surface area contributed by atoms with Crippen LogP contribution in [0.5, 0.6) is 0 Å². The van der Waals surface area contributed by atoms with Crippen LogP contribution in [0, 0.1) is 0 Å². The van der Waals surface area contributed by atoms with E-state index in [2.05, 4.69) is 5.32 Å². The Morgan fingerprint density at radius 1 is 1.00 bits per heavy atom. The zero-order chi connectivity index (χ0) is 15.1. The number of rotatable bonds is 7. The number of hydrogen-bond acceptors (Lipinski definition) is 3. The van der Waals surface area contributed by atoms with E-state index in [9.17, 15) is 0 Å². The molecule has 0 fully saturated rings. The standard InChI is InChI=1S/C16H17Cl2NO2/c17-13-6-3-7-14(18)16(13)19-15-8-2-1-5-12(15)11-21-10-4-9-20/h1-3,5-8,19-20H,4,9-11H2. The van der Waals surface area contributed by atoms with Crippen LogP contribution in [0.4, 0.5) is 11.4 Å². The van der Waals surface area contributed by atoms with Gasteiger partial charge in [-0.2, -0.15) is 0 Å². The first-order chi connectivity index (χ1) is 10.2. The number of hydrogen-bond donors (Lipinski definition) is 2. The smallest absolute Gasteiger partial charge is 0.0763 e. The summed E-state index contributed by atoms with van der Waals surface area (Å²) in [4.78, 5) is 0. The second kappa shape index (κ2) is 8.25. The molecule has 21 heavy (non-hydrogen) atoms. The van der Waals surface area contributed by atoms with Gasteiger partial charge in [0.15, 0.2) is 0 Å². The molecule has 0 aliphatic carbocycles. The van der Waals surface area contributed by atoms with Gasteiger partial charge in [-0.25, -0.2) is 0 Å². The van der Waals surface area contributed by atoms with Gasteiger partial charge in [0.05, 0.1) is 22.3 Å². The zero-order valence-electron chi connectivity index (χ0n) is 11.5. The van der Waals surface area contributed by atoms with Crippen molar-refractivity contribution in [2.24, 2.45) is 0 Å². The lowest BCUT2D eigenvalue weighted by Crippen LogP contribution is -2.01. The molecule has 0 aliphatic rings. The van der Waals surface area contributed by atoms with Gasteiger partial charge in [0, 0.05) is 24.5 Å². The van der Waals surface area contributed by atoms with E-state index in [0.717, 1.165) is 11.3 Å². The maximum absolute atomic E-state index is 8.75. The van der Waals surface area contributed by atoms with Crippen molar-refractivity contribution in [2.45, 2.75) is 13.0 Å². The van der Waals surface area contributed by atoms with Crippen LogP contribution in [0.25, 0.3) is 0 Å². The highest BCUT2D eigenvalue weighted by atomic mass is 35.5. The molecule has 0 spiro atoms. The van der Waals surface area contributed by atoms with E-state index in [1.54, 1.807) is 18.2 Å². The second-order valence-electron chi connectivity index (χ2n) is 4.51. The summed E-state index contributed by atoms with van der Waals surface area (Å²) in [6, 6.07) is 13.2. The van der Waals surface area contributed by atoms with Gasteiger partial charge in [-0.15, -0.1) is 0 Å². The molecular formula is C16H17Cl2NO2. The average Bonchev–Trinajstić information content (AvgIpc) is 2.49. The molecule has 0 saturated heterocycles. The molecule has 2 aromatic carbocycles. The molecule has 3 nitrogen and oxygen atoms in total. The highest BCUT2D eigenvalue weighted by molar-refractivity contribution is 6.39. The molecule has 0 amide bonds. The van der Waals surface area contributed by atoms with Gasteiger partial charge < -0.3 is 15.2 Å². The van der Waals surface area contributed by atoms with Gasteiger partial charge in [0.2, 0.25) is 0 Å². The summed E-state index contributed by atoms with van der Waals surface area (Å²) in [5, 5.41) is 13.1. The second-order valence-corrected chi connectivity index (χ2v) is 5.32. The Hall–Kier alpha value is -1.26. The minimum Gasteiger partial charge on any atom is -0.396 e. The predicted molar refractivity (Wildman–Crippen MR) is 87.5 cm³/mol. The maximum atomic E-state index is 8.75. The Morgan fingerprint density at radius 2 is 1.71 bits per heavy atom. The Labute approximate surface area is 134 Å². The molecule has 0 unspecified atom stereocenters. The summed E-state index contributed by atoms with van der Waals surface area (Å²) >= 11 is 12.3. The summed E-state index contributed by atoms with van der Waals surface area (Å²) in [6.07, 6.45) is 0.631. The van der Waals surface area contributed by atoms with Gasteiger partial charge in [-0.05, 0) is 24.6 Å². The Balaban J connectivity index is 2.13. The van der Waals surface area contributed by atoms with Crippen LogP contribution in [0.15, 0.2) is 42.5 Å². The molecule has 112 valence electrons. The van der Waals surface area contributed by atoms with Crippen molar-refractivity contribution in [2.75, 3.05) is 18.5 Å². The fraction of sp³-hybridized carbons (Fsp3) is 0.250. The molecule has 0 saturated carbocycles. The molecule has 0 heterocycles. The molecule has 0 radical (unpaired) electrons. The van der Waals surface area contributed by atoms with Crippen LogP contribution in [-0.4, -0.2) is 18.3 Å². The number of benzene rings is 2. The largest absolute Gasteiger partial charge is 0.396 e. The number of aliphatic hydroxyl groups is 1. The minimum absolute atomic E-state index is 0.134. The fourth-order valence-electron chi connectivity index (χ4n) is 1.87. The van der Waals surface area contributed by atoms with Crippen LogP contribution in [-0.2, 0) is 11.3 Å². The average molecular weight is 326 g/mol. The van der Waals surface area contributed by atoms with Crippen molar-refractivity contribution in [1.29, 1.82) is 0 Å². The van der Waals surface area contributed by atoms with Crippen molar-refractivity contribution in [3.63, 3.8) is 0 Å². The molecule has 2 rings (SSSR count). The zero-order valence-corrected chi connectivity index (χ0v) is 13.0. The topological polar surface area (TPSA) is 41.5 Å². The number of halogens is 2. The third-order valence-corrected chi connectivity index (χ3v) is 3.57. The van der Waals surface area contributed by atoms with Crippen molar-refractivity contribution in [3.8, 4) is 0 Å². The van der Waals surface area contributed by atoms with E-state index >= 15 is 0 Å². The van der Waals surface area contributed by atoms with E-state index in [4.69, 9.17) is 33.0 Å². The van der Waals surface area contributed by atoms with Gasteiger partial charge in [0.1, 0.15) is 0 Å². The third kappa shape index (κ3) is 4.61. The van der Waals surface area contributed by atoms with Crippen LogP contribution in [0.1, 0.15) is 12.0 Å². The van der Waals surface area contributed by atoms with Gasteiger partial charge in [0.25, 0.3) is 0 Å². The molecule has 0 atom stereocenters. The molecular weight excluding hydrogens is 309 g/mol. The number of nitrogens with one attached hydrogen (secondary N) is 1. The Kier molecular flexibility index (Phi) is 6.33. The third-order valence-electron chi connectivity index (χ3n) is 2.94. The van der Waals surface area contributed by atoms with Crippen molar-refractivity contribution < 1.29 is 9.84 Å². The van der Waals surface area contributed by atoms with Crippen molar-refractivity contribution in [3.05, 3.63) is 58.1 Å². The molecule has 0 bridgehead atoms. The monoisotopic (exact) mass is 325 g/mol. The normalized spacial score (nSPS) is 10.6. The summed E-state index contributed by atoms with van der Waals surface area (Å²) < 4.78 is 5.53. The van der Waals surface area contributed by atoms with E-state index in [1.165, 1.54) is 0 Å². The number of para-hydroxylation sites is 2. The van der Waals surface area contributed by atoms with Gasteiger partial charge >= 0.3 is 0 Å². The lowest BCUT2D eigenvalue weighted by molar-refractivity contribution is 0.104. The van der Waals surface area contributed by atoms with E-state index in [-0.39, 0.29) is 6.61 Å². The SMILES string of the molecule is OCCCOCc1ccccc1Nc1c(Cl)cccc1Cl. The Morgan fingerprint density at radius 3 is 2.43 bits per heavy atom. The minimum atomic E-state index is 0.134. The summed E-state index contributed by atoms with van der Waals surface area (Å²) in [5.74, 6) is 0. The first kappa shape index (κ1) is 16.1. The molecule has 2 aromatic rings. The van der Waals surface area contributed by atoms with E-state index < -0.39 is 0 Å². The highest BCUT2D eigenvalue weighted by Gasteiger charge is 2.08. The lowest BCUT2D eigenvalue weighted by atomic mass is 10.2. The molecule has 0 aliphatic heterocycles. The van der Waals surface area contributed by atoms with Crippen LogP contribution < -0.4 is 5.32 Å². The first-order valence-corrected chi connectivity index (χ1v) is 7.45. The van der Waals surface area contributed by atoms with Gasteiger partial charge in [-0.3, -0.25) is 0 Å².